The van der Waals surface area contributed by atoms with Gasteiger partial charge in [-0.2, -0.15) is 0 Å². The van der Waals surface area contributed by atoms with E-state index in [4.69, 9.17) is 0 Å². The van der Waals surface area contributed by atoms with Gasteiger partial charge in [0.05, 0.1) is 0 Å². The minimum atomic E-state index is 0.963. The maximum atomic E-state index is 3.62. The maximum Gasteiger partial charge on any atom is 0.0375 e. The van der Waals surface area contributed by atoms with Gasteiger partial charge < -0.3 is 5.32 Å². The second kappa shape index (κ2) is 6.65. The lowest BCUT2D eigenvalue weighted by atomic mass is 10.0. The molecule has 0 aliphatic heterocycles. The molecule has 112 valence electrons. The minimum Gasteiger partial charge on any atom is -0.384 e. The van der Waals surface area contributed by atoms with Crippen molar-refractivity contribution in [1.29, 1.82) is 0 Å². The zero-order valence-electron chi connectivity index (χ0n) is 13.4. The molecule has 0 unspecified atom stereocenters. The number of fused-ring (bicyclic) bond motifs is 1. The molecule has 3 aromatic carbocycles. The highest BCUT2D eigenvalue weighted by atomic mass is 14.9. The van der Waals surface area contributed by atoms with E-state index in [1.54, 1.807) is 0 Å². The summed E-state index contributed by atoms with van der Waals surface area (Å²) in [6.45, 7) is 5.37. The molecule has 0 heterocycles. The average molecular weight is 289 g/mol. The van der Waals surface area contributed by atoms with Crippen molar-refractivity contribution in [3.63, 3.8) is 0 Å². The molecule has 0 saturated carbocycles. The van der Waals surface area contributed by atoms with Gasteiger partial charge >= 0.3 is 0 Å². The van der Waals surface area contributed by atoms with Crippen LogP contribution in [0.25, 0.3) is 10.8 Å². The summed E-state index contributed by atoms with van der Waals surface area (Å²) in [7, 11) is 0. The zero-order valence-corrected chi connectivity index (χ0v) is 13.4. The van der Waals surface area contributed by atoms with Crippen LogP contribution in [0, 0.1) is 6.92 Å². The number of rotatable bonds is 5. The molecule has 0 amide bonds. The van der Waals surface area contributed by atoms with Gasteiger partial charge in [-0.25, -0.2) is 0 Å². The van der Waals surface area contributed by atoms with Gasteiger partial charge in [0.1, 0.15) is 0 Å². The Bertz CT molecular complexity index is 768. The fraction of sp³-hybridized carbons (Fsp3) is 0.238. The Hall–Kier alpha value is -2.28. The van der Waals surface area contributed by atoms with Gasteiger partial charge in [-0.15, -0.1) is 0 Å². The molecule has 3 aromatic rings. The van der Waals surface area contributed by atoms with E-state index in [9.17, 15) is 0 Å². The van der Waals surface area contributed by atoms with Crippen LogP contribution in [-0.4, -0.2) is 6.54 Å². The first-order chi connectivity index (χ1) is 10.8. The number of benzene rings is 3. The highest BCUT2D eigenvalue weighted by molar-refractivity contribution is 5.85. The predicted molar refractivity (Wildman–Crippen MR) is 96.7 cm³/mol. The van der Waals surface area contributed by atoms with Crippen molar-refractivity contribution in [2.75, 3.05) is 11.9 Å². The van der Waals surface area contributed by atoms with E-state index in [0.29, 0.717) is 0 Å². The van der Waals surface area contributed by atoms with Crippen LogP contribution < -0.4 is 5.32 Å². The van der Waals surface area contributed by atoms with Gasteiger partial charge in [0.2, 0.25) is 0 Å². The molecule has 22 heavy (non-hydrogen) atoms. The number of hydrogen-bond acceptors (Lipinski definition) is 1. The van der Waals surface area contributed by atoms with E-state index in [1.807, 2.05) is 0 Å². The molecular formula is C21H23N. The summed E-state index contributed by atoms with van der Waals surface area (Å²) in [5.41, 5.74) is 5.50. The Morgan fingerprint density at radius 2 is 1.64 bits per heavy atom. The Balaban J connectivity index is 1.74. The predicted octanol–water partition coefficient (Wildman–Crippen LogP) is 5.37. The van der Waals surface area contributed by atoms with Crippen molar-refractivity contribution in [2.24, 2.45) is 0 Å². The smallest absolute Gasteiger partial charge is 0.0375 e. The van der Waals surface area contributed by atoms with Crippen LogP contribution in [0.4, 0.5) is 5.69 Å². The maximum absolute atomic E-state index is 3.62. The number of hydrogen-bond donors (Lipinski definition) is 1. The number of nitrogens with one attached hydrogen (secondary N) is 1. The van der Waals surface area contributed by atoms with Gasteiger partial charge in [-0.3, -0.25) is 0 Å². The Morgan fingerprint density at radius 1 is 0.864 bits per heavy atom. The molecule has 0 spiro atoms. The first-order valence-corrected chi connectivity index (χ1v) is 8.08. The van der Waals surface area contributed by atoms with Crippen LogP contribution in [0.5, 0.6) is 0 Å². The van der Waals surface area contributed by atoms with Crippen molar-refractivity contribution in [3.05, 3.63) is 77.4 Å². The molecule has 0 saturated heterocycles. The van der Waals surface area contributed by atoms with Crippen LogP contribution >= 0.6 is 0 Å². The van der Waals surface area contributed by atoms with E-state index in [1.165, 1.54) is 33.2 Å². The van der Waals surface area contributed by atoms with Crippen LogP contribution in [0.3, 0.4) is 0 Å². The average Bonchev–Trinajstić information content (AvgIpc) is 2.55. The second-order valence-corrected chi connectivity index (χ2v) is 5.77. The summed E-state index contributed by atoms with van der Waals surface area (Å²) in [4.78, 5) is 0. The van der Waals surface area contributed by atoms with E-state index < -0.39 is 0 Å². The third-order valence-corrected chi connectivity index (χ3v) is 4.35. The molecule has 1 N–H and O–H groups in total. The normalized spacial score (nSPS) is 10.8. The van der Waals surface area contributed by atoms with Gasteiger partial charge in [0.25, 0.3) is 0 Å². The molecular weight excluding hydrogens is 266 g/mol. The van der Waals surface area contributed by atoms with Crippen LogP contribution in [0.15, 0.2) is 60.7 Å². The molecule has 1 heteroatoms. The summed E-state index contributed by atoms with van der Waals surface area (Å²) < 4.78 is 0. The van der Waals surface area contributed by atoms with Gasteiger partial charge in [0, 0.05) is 12.2 Å². The van der Waals surface area contributed by atoms with Crippen LogP contribution in [0.1, 0.15) is 23.6 Å². The molecule has 0 radical (unpaired) electrons. The Kier molecular flexibility index (Phi) is 4.43. The summed E-state index contributed by atoms with van der Waals surface area (Å²) in [6.07, 6.45) is 2.11. The minimum absolute atomic E-state index is 0.963. The highest BCUT2D eigenvalue weighted by Crippen LogP contribution is 2.21. The monoisotopic (exact) mass is 289 g/mol. The van der Waals surface area contributed by atoms with Gasteiger partial charge in [-0.05, 0) is 53.3 Å². The quantitative estimate of drug-likeness (QED) is 0.666. The molecule has 0 atom stereocenters. The fourth-order valence-corrected chi connectivity index (χ4v) is 3.18. The first kappa shape index (κ1) is 14.6. The van der Waals surface area contributed by atoms with Crippen molar-refractivity contribution in [1.82, 2.24) is 0 Å². The fourth-order valence-electron chi connectivity index (χ4n) is 3.18. The number of aryl methyl sites for hydroxylation is 1. The lowest BCUT2D eigenvalue weighted by Crippen LogP contribution is -2.07. The molecule has 0 bridgehead atoms. The van der Waals surface area contributed by atoms with Crippen LogP contribution in [0.2, 0.25) is 0 Å². The topological polar surface area (TPSA) is 12.0 Å². The molecule has 0 aliphatic carbocycles. The van der Waals surface area contributed by atoms with Gasteiger partial charge in [0.15, 0.2) is 0 Å². The van der Waals surface area contributed by atoms with E-state index in [0.717, 1.165) is 19.4 Å². The summed E-state index contributed by atoms with van der Waals surface area (Å²) in [5, 5.41) is 6.31. The van der Waals surface area contributed by atoms with Crippen molar-refractivity contribution in [2.45, 2.75) is 26.7 Å². The molecule has 0 aromatic heterocycles. The lowest BCUT2D eigenvalue weighted by molar-refractivity contribution is 1.01. The lowest BCUT2D eigenvalue weighted by Gasteiger charge is -2.14. The summed E-state index contributed by atoms with van der Waals surface area (Å²) in [5.74, 6) is 0. The number of anilines is 1. The second-order valence-electron chi connectivity index (χ2n) is 5.77. The van der Waals surface area contributed by atoms with Crippen LogP contribution in [-0.2, 0) is 12.8 Å². The van der Waals surface area contributed by atoms with Crippen molar-refractivity contribution in [3.8, 4) is 0 Å². The third-order valence-electron chi connectivity index (χ3n) is 4.35. The summed E-state index contributed by atoms with van der Waals surface area (Å²) >= 11 is 0. The highest BCUT2D eigenvalue weighted by Gasteiger charge is 2.04. The molecule has 0 fully saturated rings. The standard InChI is InChI=1S/C21H23N/c1-3-19-16(2)8-6-13-21(19)22-15-14-18-11-7-10-17-9-4-5-12-20(17)18/h4-13,22H,3,14-15H2,1-2H3. The van der Waals surface area contributed by atoms with Gasteiger partial charge in [-0.1, -0.05) is 61.5 Å². The Morgan fingerprint density at radius 3 is 2.50 bits per heavy atom. The molecule has 0 aliphatic rings. The van der Waals surface area contributed by atoms with Crippen molar-refractivity contribution < 1.29 is 0 Å². The van der Waals surface area contributed by atoms with Crippen molar-refractivity contribution >= 4 is 16.5 Å². The molecule has 1 nitrogen and oxygen atoms in total. The first-order valence-electron chi connectivity index (χ1n) is 8.08. The van der Waals surface area contributed by atoms with E-state index in [2.05, 4.69) is 79.8 Å². The SMILES string of the molecule is CCc1c(C)cccc1NCCc1cccc2ccccc12. The molecule has 3 rings (SSSR count). The third kappa shape index (κ3) is 2.99. The Labute approximate surface area is 133 Å². The summed E-state index contributed by atoms with van der Waals surface area (Å²) in [6, 6.07) is 21.7. The van der Waals surface area contributed by atoms with E-state index in [-0.39, 0.29) is 0 Å². The zero-order chi connectivity index (χ0) is 15.4. The van der Waals surface area contributed by atoms with E-state index >= 15 is 0 Å². The largest absolute Gasteiger partial charge is 0.384 e.